The summed E-state index contributed by atoms with van der Waals surface area (Å²) in [6.07, 6.45) is 5.97. The monoisotopic (exact) mass is 291 g/mol. The lowest BCUT2D eigenvalue weighted by Crippen LogP contribution is -2.45. The van der Waals surface area contributed by atoms with Gasteiger partial charge in [0.2, 0.25) is 0 Å². The molecule has 0 bridgehead atoms. The molecule has 1 atom stereocenters. The van der Waals surface area contributed by atoms with Gasteiger partial charge in [0.1, 0.15) is 0 Å². The van der Waals surface area contributed by atoms with E-state index >= 15 is 0 Å². The van der Waals surface area contributed by atoms with Crippen molar-refractivity contribution in [2.45, 2.75) is 44.8 Å². The molecule has 1 aliphatic rings. The molecular weight excluding hydrogens is 262 g/mol. The van der Waals surface area contributed by atoms with Crippen LogP contribution in [0.25, 0.3) is 0 Å². The molecule has 0 unspecified atom stereocenters. The summed E-state index contributed by atoms with van der Waals surface area (Å²) >= 11 is 0. The van der Waals surface area contributed by atoms with Crippen LogP contribution < -0.4 is 0 Å². The molecule has 0 radical (unpaired) electrons. The molecule has 1 fully saturated rings. The van der Waals surface area contributed by atoms with Crippen molar-refractivity contribution in [3.05, 3.63) is 30.1 Å². The molecule has 0 saturated carbocycles. The number of aliphatic hydroxyl groups excluding tert-OH is 1. The molecule has 0 aliphatic carbocycles. The number of rotatable bonds is 7. The predicted molar refractivity (Wildman–Crippen MR) is 86.3 cm³/mol. The largest absolute Gasteiger partial charge is 0.392 e. The molecule has 118 valence electrons. The Balaban J connectivity index is 1.68. The van der Waals surface area contributed by atoms with E-state index in [1.807, 2.05) is 19.2 Å². The first-order valence-corrected chi connectivity index (χ1v) is 8.19. The van der Waals surface area contributed by atoms with Gasteiger partial charge in [0.25, 0.3) is 0 Å². The molecule has 1 saturated heterocycles. The molecule has 1 N–H and O–H groups in total. The molecular formula is C17H29N3O. The number of piperidine rings is 1. The van der Waals surface area contributed by atoms with Crippen LogP contribution in [0.1, 0.15) is 31.9 Å². The maximum atomic E-state index is 9.76. The molecule has 1 aromatic heterocycles. The molecule has 2 rings (SSSR count). The fourth-order valence-corrected chi connectivity index (χ4v) is 3.01. The van der Waals surface area contributed by atoms with E-state index in [2.05, 4.69) is 34.0 Å². The molecule has 0 aromatic carbocycles. The van der Waals surface area contributed by atoms with E-state index in [9.17, 15) is 5.11 Å². The Labute approximate surface area is 128 Å². The van der Waals surface area contributed by atoms with Crippen molar-refractivity contribution in [1.29, 1.82) is 0 Å². The van der Waals surface area contributed by atoms with Gasteiger partial charge >= 0.3 is 0 Å². The molecule has 1 aliphatic heterocycles. The van der Waals surface area contributed by atoms with Gasteiger partial charge < -0.3 is 14.9 Å². The van der Waals surface area contributed by atoms with Gasteiger partial charge in [-0.1, -0.05) is 13.0 Å². The van der Waals surface area contributed by atoms with Crippen molar-refractivity contribution in [2.24, 2.45) is 0 Å². The minimum Gasteiger partial charge on any atom is -0.392 e. The lowest BCUT2D eigenvalue weighted by Gasteiger charge is -2.37. The van der Waals surface area contributed by atoms with Crippen LogP contribution in [0.4, 0.5) is 0 Å². The van der Waals surface area contributed by atoms with Crippen LogP contribution in [0.2, 0.25) is 0 Å². The Kier molecular flexibility index (Phi) is 6.61. The Morgan fingerprint density at radius 3 is 2.76 bits per heavy atom. The minimum atomic E-state index is -0.183. The number of aromatic nitrogens is 1. The average Bonchev–Trinajstić information content (AvgIpc) is 2.54. The summed E-state index contributed by atoms with van der Waals surface area (Å²) in [6.45, 7) is 6.26. The van der Waals surface area contributed by atoms with Crippen molar-refractivity contribution < 1.29 is 5.11 Å². The predicted octanol–water partition coefficient (Wildman–Crippen LogP) is 1.79. The van der Waals surface area contributed by atoms with Gasteiger partial charge in [0.05, 0.1) is 6.10 Å². The second-order valence-electron chi connectivity index (χ2n) is 6.15. The Morgan fingerprint density at radius 1 is 1.38 bits per heavy atom. The first kappa shape index (κ1) is 16.4. The number of likely N-dealkylation sites (N-methyl/N-ethyl adjacent to an activating group) is 1. The third kappa shape index (κ3) is 5.38. The smallest absolute Gasteiger partial charge is 0.0664 e. The number of likely N-dealkylation sites (tertiary alicyclic amines) is 1. The number of nitrogens with zero attached hydrogens (tertiary/aromatic N) is 3. The van der Waals surface area contributed by atoms with Gasteiger partial charge in [-0.25, -0.2) is 0 Å². The van der Waals surface area contributed by atoms with Crippen molar-refractivity contribution in [3.63, 3.8) is 0 Å². The summed E-state index contributed by atoms with van der Waals surface area (Å²) in [7, 11) is 2.15. The molecule has 0 spiro atoms. The Bertz CT molecular complexity index is 390. The van der Waals surface area contributed by atoms with Crippen LogP contribution in [0, 0.1) is 0 Å². The minimum absolute atomic E-state index is 0.183. The lowest BCUT2D eigenvalue weighted by molar-refractivity contribution is 0.0722. The normalized spacial score (nSPS) is 19.0. The summed E-state index contributed by atoms with van der Waals surface area (Å²) in [5.74, 6) is 0. The standard InChI is InChI=1S/C17H29N3O/c1-3-17(21)14-19(2)16-8-12-20(13-9-16)11-7-15-6-4-5-10-18-15/h4-6,10,16-17,21H,3,7-9,11-14H2,1-2H3/t17-/m1/s1. The lowest BCUT2D eigenvalue weighted by atomic mass is 10.0. The maximum Gasteiger partial charge on any atom is 0.0664 e. The van der Waals surface area contributed by atoms with Crippen LogP contribution in [-0.4, -0.2) is 65.3 Å². The third-order valence-corrected chi connectivity index (χ3v) is 4.56. The average molecular weight is 291 g/mol. The van der Waals surface area contributed by atoms with Crippen LogP contribution >= 0.6 is 0 Å². The highest BCUT2D eigenvalue weighted by atomic mass is 16.3. The maximum absolute atomic E-state index is 9.76. The fraction of sp³-hybridized carbons (Fsp3) is 0.706. The first-order chi connectivity index (χ1) is 10.2. The topological polar surface area (TPSA) is 39.6 Å². The van der Waals surface area contributed by atoms with Crippen LogP contribution in [0.5, 0.6) is 0 Å². The number of hydrogen-bond acceptors (Lipinski definition) is 4. The van der Waals surface area contributed by atoms with Crippen molar-refractivity contribution in [2.75, 3.05) is 33.2 Å². The van der Waals surface area contributed by atoms with E-state index < -0.39 is 0 Å². The number of aliphatic hydroxyl groups is 1. The molecule has 0 amide bonds. The molecule has 4 nitrogen and oxygen atoms in total. The number of pyridine rings is 1. The quantitative estimate of drug-likeness (QED) is 0.831. The van der Waals surface area contributed by atoms with E-state index in [0.29, 0.717) is 6.04 Å². The van der Waals surface area contributed by atoms with Crippen LogP contribution in [0.3, 0.4) is 0 Å². The molecule has 2 heterocycles. The highest BCUT2D eigenvalue weighted by Crippen LogP contribution is 2.16. The molecule has 4 heteroatoms. The highest BCUT2D eigenvalue weighted by Gasteiger charge is 2.23. The van der Waals surface area contributed by atoms with Crippen molar-refractivity contribution in [1.82, 2.24) is 14.8 Å². The third-order valence-electron chi connectivity index (χ3n) is 4.56. The summed E-state index contributed by atoms with van der Waals surface area (Å²) in [5, 5.41) is 9.76. The summed E-state index contributed by atoms with van der Waals surface area (Å²) in [6, 6.07) is 6.75. The summed E-state index contributed by atoms with van der Waals surface area (Å²) in [5.41, 5.74) is 1.18. The first-order valence-electron chi connectivity index (χ1n) is 8.19. The SMILES string of the molecule is CC[C@@H](O)CN(C)C1CCN(CCc2ccccn2)CC1. The van der Waals surface area contributed by atoms with Crippen LogP contribution in [-0.2, 0) is 6.42 Å². The van der Waals surface area contributed by atoms with E-state index in [1.165, 1.54) is 18.5 Å². The van der Waals surface area contributed by atoms with Crippen molar-refractivity contribution in [3.8, 4) is 0 Å². The van der Waals surface area contributed by atoms with Gasteiger partial charge in [-0.15, -0.1) is 0 Å². The van der Waals surface area contributed by atoms with Gasteiger partial charge in [-0.05, 0) is 51.5 Å². The van der Waals surface area contributed by atoms with E-state index in [4.69, 9.17) is 0 Å². The second-order valence-corrected chi connectivity index (χ2v) is 6.15. The van der Waals surface area contributed by atoms with Gasteiger partial charge in [-0.2, -0.15) is 0 Å². The van der Waals surface area contributed by atoms with Gasteiger partial charge in [0, 0.05) is 37.4 Å². The zero-order chi connectivity index (χ0) is 15.1. The summed E-state index contributed by atoms with van der Waals surface area (Å²) in [4.78, 5) is 9.26. The molecule has 21 heavy (non-hydrogen) atoms. The number of hydrogen-bond donors (Lipinski definition) is 1. The van der Waals surface area contributed by atoms with Gasteiger partial charge in [-0.3, -0.25) is 4.98 Å². The highest BCUT2D eigenvalue weighted by molar-refractivity contribution is 5.03. The van der Waals surface area contributed by atoms with E-state index in [0.717, 1.165) is 39.0 Å². The van der Waals surface area contributed by atoms with E-state index in [1.54, 1.807) is 0 Å². The second kappa shape index (κ2) is 8.47. The zero-order valence-corrected chi connectivity index (χ0v) is 13.4. The van der Waals surface area contributed by atoms with Crippen LogP contribution in [0.15, 0.2) is 24.4 Å². The van der Waals surface area contributed by atoms with E-state index in [-0.39, 0.29) is 6.10 Å². The van der Waals surface area contributed by atoms with Gasteiger partial charge in [0.15, 0.2) is 0 Å². The Morgan fingerprint density at radius 2 is 2.14 bits per heavy atom. The Hall–Kier alpha value is -0.970. The zero-order valence-electron chi connectivity index (χ0n) is 13.4. The van der Waals surface area contributed by atoms with Crippen molar-refractivity contribution >= 4 is 0 Å². The fourth-order valence-electron chi connectivity index (χ4n) is 3.01. The summed E-state index contributed by atoms with van der Waals surface area (Å²) < 4.78 is 0. The molecule has 1 aromatic rings.